The molecule has 0 aliphatic carbocycles. The van der Waals surface area contributed by atoms with E-state index in [4.69, 9.17) is 11.6 Å². The summed E-state index contributed by atoms with van der Waals surface area (Å²) in [6.45, 7) is 1.95. The Bertz CT molecular complexity index is 1260. The minimum atomic E-state index is -0.608. The number of fused-ring (bicyclic) bond motifs is 3. The molecular weight excluding hydrogens is 340 g/mol. The van der Waals surface area contributed by atoms with Crippen LogP contribution in [-0.2, 0) is 0 Å². The fraction of sp³-hybridized carbons (Fsp3) is 0.0556. The van der Waals surface area contributed by atoms with E-state index >= 15 is 0 Å². The van der Waals surface area contributed by atoms with Crippen molar-refractivity contribution in [3.05, 3.63) is 79.5 Å². The van der Waals surface area contributed by atoms with E-state index in [9.17, 15) is 9.59 Å². The van der Waals surface area contributed by atoms with Gasteiger partial charge in [0.1, 0.15) is 5.52 Å². The average molecular weight is 353 g/mol. The van der Waals surface area contributed by atoms with Gasteiger partial charge in [-0.15, -0.1) is 4.68 Å². The molecule has 6 nitrogen and oxygen atoms in total. The maximum absolute atomic E-state index is 12.7. The zero-order chi connectivity index (χ0) is 17.6. The van der Waals surface area contributed by atoms with Crippen LogP contribution in [0.25, 0.3) is 21.9 Å². The summed E-state index contributed by atoms with van der Waals surface area (Å²) in [4.78, 5) is 30.8. The van der Waals surface area contributed by atoms with E-state index in [1.54, 1.807) is 24.3 Å². The summed E-state index contributed by atoms with van der Waals surface area (Å²) in [7, 11) is 0. The number of nitrogens with one attached hydrogen (secondary N) is 2. The first-order valence-electron chi connectivity index (χ1n) is 7.61. The molecule has 0 atom stereocenters. The van der Waals surface area contributed by atoms with Gasteiger partial charge in [-0.05, 0) is 25.1 Å². The van der Waals surface area contributed by atoms with Crippen molar-refractivity contribution in [3.63, 3.8) is 0 Å². The van der Waals surface area contributed by atoms with Crippen molar-refractivity contribution in [2.45, 2.75) is 6.92 Å². The Morgan fingerprint density at radius 2 is 1.88 bits per heavy atom. The van der Waals surface area contributed by atoms with Gasteiger partial charge in [-0.25, -0.2) is 4.79 Å². The normalized spacial score (nSPS) is 11.8. The molecule has 2 aromatic heterocycles. The molecule has 25 heavy (non-hydrogen) atoms. The van der Waals surface area contributed by atoms with Gasteiger partial charge in [0.05, 0.1) is 11.7 Å². The van der Waals surface area contributed by atoms with Crippen molar-refractivity contribution in [3.8, 4) is 0 Å². The maximum atomic E-state index is 12.7. The molecular formula is C18H13ClN4O2. The molecule has 2 aromatic carbocycles. The molecule has 7 heteroatoms. The molecule has 0 spiro atoms. The average Bonchev–Trinajstić information content (AvgIpc) is 2.94. The Morgan fingerprint density at radius 3 is 2.68 bits per heavy atom. The standard InChI is InChI=1S/C18H13ClN4O2/c1-10-6-7-14-12(8-10)15-16(21-14)17(24)23(18(25)22-15)20-9-11-4-2-3-5-13(11)19/h2-9,21H,1H3,(H,22,25)/b20-9-. The van der Waals surface area contributed by atoms with Gasteiger partial charge in [-0.2, -0.15) is 5.10 Å². The number of nitrogens with zero attached hydrogens (tertiary/aromatic N) is 2. The molecule has 2 N–H and O–H groups in total. The van der Waals surface area contributed by atoms with Crippen LogP contribution in [0.4, 0.5) is 0 Å². The highest BCUT2D eigenvalue weighted by atomic mass is 35.5. The molecule has 0 unspecified atom stereocenters. The van der Waals surface area contributed by atoms with E-state index < -0.39 is 11.2 Å². The maximum Gasteiger partial charge on any atom is 0.350 e. The topological polar surface area (TPSA) is 83.0 Å². The molecule has 124 valence electrons. The van der Waals surface area contributed by atoms with Gasteiger partial charge < -0.3 is 9.97 Å². The van der Waals surface area contributed by atoms with E-state index in [2.05, 4.69) is 15.1 Å². The highest BCUT2D eigenvalue weighted by Gasteiger charge is 2.12. The van der Waals surface area contributed by atoms with Crippen molar-refractivity contribution in [1.29, 1.82) is 0 Å². The second-order valence-electron chi connectivity index (χ2n) is 5.74. The largest absolute Gasteiger partial charge is 0.350 e. The molecule has 4 aromatic rings. The van der Waals surface area contributed by atoms with Crippen LogP contribution in [-0.4, -0.2) is 20.9 Å². The molecule has 4 rings (SSSR count). The van der Waals surface area contributed by atoms with E-state index in [0.717, 1.165) is 21.1 Å². The van der Waals surface area contributed by atoms with Crippen LogP contribution in [0.5, 0.6) is 0 Å². The number of halogens is 1. The number of hydrogen-bond donors (Lipinski definition) is 2. The molecule has 0 radical (unpaired) electrons. The van der Waals surface area contributed by atoms with Gasteiger partial charge in [0, 0.05) is 21.5 Å². The van der Waals surface area contributed by atoms with Gasteiger partial charge in [-0.1, -0.05) is 41.4 Å². The second kappa shape index (κ2) is 5.75. The summed E-state index contributed by atoms with van der Waals surface area (Å²) in [6.07, 6.45) is 1.39. The predicted octanol–water partition coefficient (Wildman–Crippen LogP) is 3.02. The SMILES string of the molecule is Cc1ccc2[nH]c3c(=O)n(/N=C\c4ccccc4Cl)c(=O)[nH]c3c2c1. The molecule has 0 saturated carbocycles. The van der Waals surface area contributed by atoms with E-state index in [0.29, 0.717) is 21.6 Å². The highest BCUT2D eigenvalue weighted by molar-refractivity contribution is 6.33. The fourth-order valence-electron chi connectivity index (χ4n) is 2.76. The Kier molecular flexibility index (Phi) is 3.54. The van der Waals surface area contributed by atoms with Crippen molar-refractivity contribution < 1.29 is 0 Å². The zero-order valence-electron chi connectivity index (χ0n) is 13.2. The smallest absolute Gasteiger partial charge is 0.349 e. The zero-order valence-corrected chi connectivity index (χ0v) is 14.0. The quantitative estimate of drug-likeness (QED) is 0.543. The summed E-state index contributed by atoms with van der Waals surface area (Å²) in [5.41, 5.74) is 2.09. The number of rotatable bonds is 2. The minimum Gasteiger partial charge on any atom is -0.349 e. The molecule has 0 aliphatic heterocycles. The Balaban J connectivity index is 1.94. The Morgan fingerprint density at radius 1 is 1.08 bits per heavy atom. The van der Waals surface area contributed by atoms with Crippen LogP contribution in [0.15, 0.2) is 57.2 Å². The van der Waals surface area contributed by atoms with Crippen molar-refractivity contribution in [2.75, 3.05) is 0 Å². The van der Waals surface area contributed by atoms with E-state index in [-0.39, 0.29) is 0 Å². The summed E-state index contributed by atoms with van der Waals surface area (Å²) < 4.78 is 0.786. The number of aromatic nitrogens is 3. The van der Waals surface area contributed by atoms with Gasteiger partial charge >= 0.3 is 11.2 Å². The third-order valence-corrected chi connectivity index (χ3v) is 4.35. The number of aromatic amines is 2. The fourth-order valence-corrected chi connectivity index (χ4v) is 2.94. The third kappa shape index (κ3) is 2.56. The van der Waals surface area contributed by atoms with Gasteiger partial charge in [0.15, 0.2) is 0 Å². The lowest BCUT2D eigenvalue weighted by atomic mass is 10.2. The lowest BCUT2D eigenvalue weighted by Gasteiger charge is -1.99. The Labute approximate surface area is 146 Å². The highest BCUT2D eigenvalue weighted by Crippen LogP contribution is 2.21. The van der Waals surface area contributed by atoms with Crippen LogP contribution in [0.2, 0.25) is 5.02 Å². The molecule has 0 bridgehead atoms. The lowest BCUT2D eigenvalue weighted by molar-refractivity contribution is 0.770. The monoisotopic (exact) mass is 352 g/mol. The van der Waals surface area contributed by atoms with Crippen molar-refractivity contribution in [1.82, 2.24) is 14.6 Å². The third-order valence-electron chi connectivity index (χ3n) is 4.00. The number of hydrogen-bond acceptors (Lipinski definition) is 3. The van der Waals surface area contributed by atoms with Crippen LogP contribution >= 0.6 is 11.6 Å². The first-order chi connectivity index (χ1) is 12.0. The van der Waals surface area contributed by atoms with Gasteiger partial charge in [0.25, 0.3) is 0 Å². The summed E-state index contributed by atoms with van der Waals surface area (Å²) in [5, 5.41) is 5.29. The minimum absolute atomic E-state index is 0.302. The summed E-state index contributed by atoms with van der Waals surface area (Å²) in [5.74, 6) is 0. The predicted molar refractivity (Wildman–Crippen MR) is 99.9 cm³/mol. The Hall–Kier alpha value is -3.12. The van der Waals surface area contributed by atoms with Crippen LogP contribution in [0.3, 0.4) is 0 Å². The second-order valence-corrected chi connectivity index (χ2v) is 6.14. The first-order valence-corrected chi connectivity index (χ1v) is 7.98. The van der Waals surface area contributed by atoms with Gasteiger partial charge in [0.2, 0.25) is 0 Å². The van der Waals surface area contributed by atoms with Gasteiger partial charge in [-0.3, -0.25) is 4.79 Å². The molecule has 0 fully saturated rings. The molecule has 0 saturated heterocycles. The van der Waals surface area contributed by atoms with Crippen LogP contribution < -0.4 is 11.2 Å². The number of H-pyrrole nitrogens is 2. The summed E-state index contributed by atoms with van der Waals surface area (Å²) in [6, 6.07) is 12.8. The first kappa shape index (κ1) is 15.4. The lowest BCUT2D eigenvalue weighted by Crippen LogP contribution is -2.32. The van der Waals surface area contributed by atoms with E-state index in [1.165, 1.54) is 6.21 Å². The number of aryl methyl sites for hydroxylation is 1. The summed E-state index contributed by atoms with van der Waals surface area (Å²) >= 11 is 6.06. The van der Waals surface area contributed by atoms with Crippen LogP contribution in [0.1, 0.15) is 11.1 Å². The van der Waals surface area contributed by atoms with Crippen molar-refractivity contribution in [2.24, 2.45) is 5.10 Å². The number of benzene rings is 2. The molecule has 0 amide bonds. The van der Waals surface area contributed by atoms with Crippen LogP contribution in [0, 0.1) is 6.92 Å². The van der Waals surface area contributed by atoms with Crippen molar-refractivity contribution >= 4 is 39.8 Å². The molecule has 2 heterocycles. The van der Waals surface area contributed by atoms with E-state index in [1.807, 2.05) is 25.1 Å². The molecule has 0 aliphatic rings.